The Morgan fingerprint density at radius 3 is 2.65 bits per heavy atom. The molecule has 0 spiro atoms. The molecule has 0 saturated carbocycles. The number of esters is 1. The van der Waals surface area contributed by atoms with Crippen molar-refractivity contribution in [3.63, 3.8) is 0 Å². The number of carbonyl (C=O) groups excluding carboxylic acids is 4. The number of nitrogen functional groups attached to an aromatic ring is 1. The number of anilines is 1. The zero-order valence-corrected chi connectivity index (χ0v) is 16.4. The number of hydrogen-bond donors (Lipinski definition) is 2. The number of pyridine rings is 1. The molecule has 31 heavy (non-hydrogen) atoms. The Labute approximate surface area is 177 Å². The minimum Gasteiger partial charge on any atom is -0.460 e. The predicted octanol–water partition coefficient (Wildman–Crippen LogP) is 0.820. The van der Waals surface area contributed by atoms with Gasteiger partial charge in [0.1, 0.15) is 18.5 Å². The third kappa shape index (κ3) is 3.63. The van der Waals surface area contributed by atoms with Crippen LogP contribution in [0.25, 0.3) is 0 Å². The van der Waals surface area contributed by atoms with E-state index in [4.69, 9.17) is 15.9 Å². The number of ether oxygens (including phenoxy) is 1. The van der Waals surface area contributed by atoms with Crippen molar-refractivity contribution in [3.05, 3.63) is 59.4 Å². The molecule has 3 heterocycles. The highest BCUT2D eigenvalue weighted by atomic mass is 16.5. The minimum absolute atomic E-state index is 0.0320. The number of carbonyl (C=O) groups is 4. The van der Waals surface area contributed by atoms with Crippen molar-refractivity contribution in [2.45, 2.75) is 18.9 Å². The van der Waals surface area contributed by atoms with E-state index < -0.39 is 29.7 Å². The smallest absolute Gasteiger partial charge is 0.338 e. The number of piperidine rings is 1. The van der Waals surface area contributed by atoms with Crippen molar-refractivity contribution in [1.29, 1.82) is 5.41 Å². The normalized spacial score (nSPS) is 18.4. The van der Waals surface area contributed by atoms with Crippen molar-refractivity contribution in [1.82, 2.24) is 14.8 Å². The number of nitrogens with two attached hydrogens (primary N) is 1. The molecular weight excluding hydrogens is 402 g/mol. The molecule has 1 aromatic heterocycles. The van der Waals surface area contributed by atoms with Crippen LogP contribution in [-0.4, -0.2) is 63.5 Å². The molecule has 1 saturated heterocycles. The highest BCUT2D eigenvalue weighted by Gasteiger charge is 2.45. The lowest BCUT2D eigenvalue weighted by atomic mass is 10.0. The van der Waals surface area contributed by atoms with Crippen LogP contribution in [0.4, 0.5) is 5.69 Å². The summed E-state index contributed by atoms with van der Waals surface area (Å²) in [6.07, 6.45) is 3.05. The van der Waals surface area contributed by atoms with E-state index in [-0.39, 0.29) is 37.4 Å². The molecule has 10 heteroatoms. The standard InChI is InChI=1S/C21H19N5O5/c22-13-1-2-14-15(11-13)19(28)26(18(14)23)16-3-4-17(27)25(20(16)29)9-10-31-21(30)12-5-7-24-8-6-12/h1-2,5-8,11,16,23H,3-4,9-10,22H2. The Kier molecular flexibility index (Phi) is 5.20. The van der Waals surface area contributed by atoms with Crippen molar-refractivity contribution >= 4 is 35.2 Å². The Balaban J connectivity index is 1.45. The molecule has 10 nitrogen and oxygen atoms in total. The Hall–Kier alpha value is -4.08. The van der Waals surface area contributed by atoms with Crippen LogP contribution in [0, 0.1) is 5.41 Å². The molecule has 2 aliphatic heterocycles. The van der Waals surface area contributed by atoms with Gasteiger partial charge in [-0.25, -0.2) is 4.79 Å². The van der Waals surface area contributed by atoms with Gasteiger partial charge in [0.2, 0.25) is 5.91 Å². The number of rotatable bonds is 5. The fourth-order valence-corrected chi connectivity index (χ4v) is 3.70. The van der Waals surface area contributed by atoms with Crippen molar-refractivity contribution in [2.24, 2.45) is 0 Å². The molecule has 3 amide bonds. The average Bonchev–Trinajstić information content (AvgIpc) is 3.01. The molecular formula is C21H19N5O5. The monoisotopic (exact) mass is 421 g/mol. The van der Waals surface area contributed by atoms with Crippen LogP contribution < -0.4 is 5.73 Å². The molecule has 1 fully saturated rings. The molecule has 3 N–H and O–H groups in total. The summed E-state index contributed by atoms with van der Waals surface area (Å²) in [5, 5.41) is 8.35. The van der Waals surface area contributed by atoms with E-state index in [0.717, 1.165) is 9.80 Å². The number of aromatic nitrogens is 1. The molecule has 2 aromatic rings. The number of hydrogen-bond acceptors (Lipinski definition) is 8. The second-order valence-electron chi connectivity index (χ2n) is 7.14. The van der Waals surface area contributed by atoms with Gasteiger partial charge in [-0.15, -0.1) is 0 Å². The first-order valence-corrected chi connectivity index (χ1v) is 9.62. The van der Waals surface area contributed by atoms with Crippen LogP contribution >= 0.6 is 0 Å². The molecule has 158 valence electrons. The summed E-state index contributed by atoms with van der Waals surface area (Å²) < 4.78 is 5.14. The van der Waals surface area contributed by atoms with Gasteiger partial charge in [-0.2, -0.15) is 0 Å². The van der Waals surface area contributed by atoms with E-state index in [1.807, 2.05) is 0 Å². The number of fused-ring (bicyclic) bond motifs is 1. The largest absolute Gasteiger partial charge is 0.460 e. The van der Waals surface area contributed by atoms with Gasteiger partial charge in [-0.3, -0.25) is 34.6 Å². The third-order valence-electron chi connectivity index (χ3n) is 5.25. The molecule has 4 rings (SSSR count). The summed E-state index contributed by atoms with van der Waals surface area (Å²) in [6.45, 7) is -0.326. The van der Waals surface area contributed by atoms with Crippen LogP contribution in [0.2, 0.25) is 0 Å². The number of imide groups is 1. The molecule has 1 atom stereocenters. The first-order valence-electron chi connectivity index (χ1n) is 9.62. The maximum absolute atomic E-state index is 13.0. The molecule has 0 radical (unpaired) electrons. The number of likely N-dealkylation sites (tertiary alicyclic amines) is 1. The second-order valence-corrected chi connectivity index (χ2v) is 7.14. The molecule has 1 aromatic carbocycles. The number of nitrogens with one attached hydrogen (secondary N) is 1. The lowest BCUT2D eigenvalue weighted by molar-refractivity contribution is -0.151. The summed E-state index contributed by atoms with van der Waals surface area (Å²) in [5.41, 5.74) is 7.08. The van der Waals surface area contributed by atoms with Crippen LogP contribution in [0.5, 0.6) is 0 Å². The SMILES string of the molecule is N=C1c2ccc(N)cc2C(=O)N1C1CCC(=O)N(CCOC(=O)c2ccncc2)C1=O. The van der Waals surface area contributed by atoms with E-state index in [1.54, 1.807) is 12.1 Å². The number of amidine groups is 1. The van der Waals surface area contributed by atoms with E-state index in [1.165, 1.54) is 30.6 Å². The summed E-state index contributed by atoms with van der Waals surface area (Å²) in [7, 11) is 0. The van der Waals surface area contributed by atoms with Gasteiger partial charge in [-0.05, 0) is 36.8 Å². The average molecular weight is 421 g/mol. The molecule has 2 aliphatic rings. The van der Waals surface area contributed by atoms with Gasteiger partial charge in [0.05, 0.1) is 17.7 Å². The van der Waals surface area contributed by atoms with E-state index >= 15 is 0 Å². The van der Waals surface area contributed by atoms with Gasteiger partial charge < -0.3 is 10.5 Å². The highest BCUT2D eigenvalue weighted by Crippen LogP contribution is 2.30. The van der Waals surface area contributed by atoms with Gasteiger partial charge in [0.15, 0.2) is 0 Å². The summed E-state index contributed by atoms with van der Waals surface area (Å²) in [5.74, 6) is -2.21. The Morgan fingerprint density at radius 1 is 1.16 bits per heavy atom. The maximum atomic E-state index is 13.0. The lowest BCUT2D eigenvalue weighted by Crippen LogP contribution is -2.56. The van der Waals surface area contributed by atoms with Gasteiger partial charge in [0, 0.05) is 30.1 Å². The lowest BCUT2D eigenvalue weighted by Gasteiger charge is -2.35. The Morgan fingerprint density at radius 2 is 1.90 bits per heavy atom. The van der Waals surface area contributed by atoms with Crippen molar-refractivity contribution in [2.75, 3.05) is 18.9 Å². The van der Waals surface area contributed by atoms with E-state index in [2.05, 4.69) is 4.98 Å². The van der Waals surface area contributed by atoms with E-state index in [0.29, 0.717) is 16.8 Å². The van der Waals surface area contributed by atoms with Crippen LogP contribution in [0.15, 0.2) is 42.7 Å². The van der Waals surface area contributed by atoms with Crippen LogP contribution in [0.3, 0.4) is 0 Å². The van der Waals surface area contributed by atoms with Gasteiger partial charge in [0.25, 0.3) is 11.8 Å². The molecule has 0 bridgehead atoms. The zero-order valence-electron chi connectivity index (χ0n) is 16.4. The van der Waals surface area contributed by atoms with Crippen LogP contribution in [0.1, 0.15) is 39.1 Å². The third-order valence-corrected chi connectivity index (χ3v) is 5.25. The molecule has 0 aliphatic carbocycles. The Bertz CT molecular complexity index is 1100. The fourth-order valence-electron chi connectivity index (χ4n) is 3.70. The van der Waals surface area contributed by atoms with Gasteiger partial charge >= 0.3 is 5.97 Å². The molecule has 1 unspecified atom stereocenters. The minimum atomic E-state index is -0.984. The fraction of sp³-hybridized carbons (Fsp3) is 0.238. The zero-order chi connectivity index (χ0) is 22.1. The number of nitrogens with zero attached hydrogens (tertiary/aromatic N) is 3. The van der Waals surface area contributed by atoms with Crippen molar-refractivity contribution < 1.29 is 23.9 Å². The number of amides is 3. The predicted molar refractivity (Wildman–Crippen MR) is 108 cm³/mol. The quantitative estimate of drug-likeness (QED) is 0.413. The first kappa shape index (κ1) is 20.2. The number of benzene rings is 1. The van der Waals surface area contributed by atoms with E-state index in [9.17, 15) is 19.2 Å². The second kappa shape index (κ2) is 7.98. The van der Waals surface area contributed by atoms with Gasteiger partial charge in [-0.1, -0.05) is 0 Å². The topological polar surface area (TPSA) is 147 Å². The summed E-state index contributed by atoms with van der Waals surface area (Å²) in [6, 6.07) is 6.62. The maximum Gasteiger partial charge on any atom is 0.338 e. The first-order chi connectivity index (χ1) is 14.9. The summed E-state index contributed by atoms with van der Waals surface area (Å²) in [4.78, 5) is 56.1. The summed E-state index contributed by atoms with van der Waals surface area (Å²) >= 11 is 0. The van der Waals surface area contributed by atoms with Crippen molar-refractivity contribution in [3.8, 4) is 0 Å². The highest BCUT2D eigenvalue weighted by molar-refractivity contribution is 6.24. The van der Waals surface area contributed by atoms with Crippen LogP contribution in [-0.2, 0) is 14.3 Å².